The number of fused-ring (bicyclic) bond motifs is 1. The summed E-state index contributed by atoms with van der Waals surface area (Å²) < 4.78 is 23.3. The van der Waals surface area contributed by atoms with Crippen LogP contribution in [0.2, 0.25) is 0 Å². The Hall–Kier alpha value is -0.980. The van der Waals surface area contributed by atoms with E-state index in [2.05, 4.69) is 11.9 Å². The van der Waals surface area contributed by atoms with Crippen LogP contribution in [0, 0.1) is 0 Å². The topological polar surface area (TPSA) is 73.1 Å². The highest BCUT2D eigenvalue weighted by Crippen LogP contribution is 2.27. The van der Waals surface area contributed by atoms with Crippen LogP contribution in [-0.4, -0.2) is 13.4 Å². The lowest BCUT2D eigenvalue weighted by Gasteiger charge is -1.98. The number of sulfonamides is 1. The molecule has 0 amide bonds. The first-order valence-corrected chi connectivity index (χ1v) is 7.30. The van der Waals surface area contributed by atoms with Crippen molar-refractivity contribution in [3.8, 4) is 0 Å². The molecule has 16 heavy (non-hydrogen) atoms. The summed E-state index contributed by atoms with van der Waals surface area (Å²) in [5, 5.41) is 5.06. The van der Waals surface area contributed by atoms with Gasteiger partial charge in [0, 0.05) is 0 Å². The average molecular weight is 256 g/mol. The van der Waals surface area contributed by atoms with Crippen molar-refractivity contribution in [2.45, 2.75) is 24.1 Å². The number of aromatic nitrogens is 1. The van der Waals surface area contributed by atoms with E-state index in [9.17, 15) is 8.42 Å². The largest absolute Gasteiger partial charge is 0.265 e. The number of benzene rings is 1. The van der Waals surface area contributed by atoms with E-state index in [0.29, 0.717) is 0 Å². The lowest BCUT2D eigenvalue weighted by Crippen LogP contribution is -2.11. The van der Waals surface area contributed by atoms with Gasteiger partial charge in [-0.2, -0.15) is 0 Å². The van der Waals surface area contributed by atoms with E-state index < -0.39 is 10.0 Å². The van der Waals surface area contributed by atoms with E-state index in [1.165, 1.54) is 0 Å². The predicted molar refractivity (Wildman–Crippen MR) is 65.0 cm³/mol. The Morgan fingerprint density at radius 2 is 2.19 bits per heavy atom. The van der Waals surface area contributed by atoms with Gasteiger partial charge in [-0.15, -0.1) is 11.3 Å². The molecular weight excluding hydrogens is 244 g/mol. The van der Waals surface area contributed by atoms with Gasteiger partial charge in [-0.3, -0.25) is 0 Å². The summed E-state index contributed by atoms with van der Waals surface area (Å²) in [4.78, 5) is 4.11. The van der Waals surface area contributed by atoms with Crippen molar-refractivity contribution in [1.82, 2.24) is 4.98 Å². The molecular formula is C10H12N2O2S2. The first-order valence-electron chi connectivity index (χ1n) is 4.93. The highest BCUT2D eigenvalue weighted by molar-refractivity contribution is 7.91. The smallest absolute Gasteiger partial charge is 0.224 e. The fourth-order valence-electron chi connectivity index (χ4n) is 1.58. The Morgan fingerprint density at radius 1 is 1.44 bits per heavy atom. The Bertz CT molecular complexity index is 617. The predicted octanol–water partition coefficient (Wildman–Crippen LogP) is 1.90. The van der Waals surface area contributed by atoms with Crippen LogP contribution >= 0.6 is 11.3 Å². The maximum absolute atomic E-state index is 11.2. The second kappa shape index (κ2) is 4.12. The van der Waals surface area contributed by atoms with Crippen LogP contribution in [0.25, 0.3) is 10.2 Å². The number of rotatable bonds is 3. The van der Waals surface area contributed by atoms with Gasteiger partial charge in [0.05, 0.1) is 10.2 Å². The molecule has 0 aliphatic heterocycles. The van der Waals surface area contributed by atoms with E-state index in [1.807, 2.05) is 18.2 Å². The molecule has 86 valence electrons. The molecule has 1 aromatic carbocycles. The zero-order chi connectivity index (χ0) is 11.8. The second-order valence-corrected chi connectivity index (χ2v) is 6.30. The summed E-state index contributed by atoms with van der Waals surface area (Å²) in [6.07, 6.45) is 1.90. The lowest BCUT2D eigenvalue weighted by molar-refractivity contribution is 0.597. The fourth-order valence-corrected chi connectivity index (χ4v) is 3.28. The highest BCUT2D eigenvalue weighted by Gasteiger charge is 2.15. The van der Waals surface area contributed by atoms with Crippen molar-refractivity contribution in [3.05, 3.63) is 23.8 Å². The van der Waals surface area contributed by atoms with Crippen molar-refractivity contribution in [1.29, 1.82) is 0 Å². The van der Waals surface area contributed by atoms with E-state index in [1.54, 1.807) is 0 Å². The van der Waals surface area contributed by atoms with Crippen molar-refractivity contribution in [2.75, 3.05) is 0 Å². The molecule has 2 N–H and O–H groups in total. The third-order valence-corrected chi connectivity index (χ3v) is 4.59. The standard InChI is InChI=1S/C10H12N2O2S2/c1-2-4-7-5-3-6-8-9(7)12-10(15-8)16(11,13)14/h3,5-6H,2,4H2,1H3,(H2,11,13,14). The first kappa shape index (κ1) is 11.5. The third-order valence-electron chi connectivity index (χ3n) is 2.25. The van der Waals surface area contributed by atoms with Gasteiger partial charge >= 0.3 is 0 Å². The molecule has 2 aromatic rings. The molecule has 2 rings (SSSR count). The molecule has 0 fully saturated rings. The molecule has 0 aliphatic rings. The third kappa shape index (κ3) is 2.09. The van der Waals surface area contributed by atoms with Gasteiger partial charge in [-0.1, -0.05) is 25.5 Å². The van der Waals surface area contributed by atoms with Gasteiger partial charge in [0.1, 0.15) is 0 Å². The maximum Gasteiger partial charge on any atom is 0.265 e. The molecule has 0 saturated heterocycles. The summed E-state index contributed by atoms with van der Waals surface area (Å²) in [7, 11) is -3.69. The quantitative estimate of drug-likeness (QED) is 0.911. The van der Waals surface area contributed by atoms with Crippen LogP contribution in [-0.2, 0) is 16.4 Å². The van der Waals surface area contributed by atoms with Crippen molar-refractivity contribution in [2.24, 2.45) is 5.14 Å². The average Bonchev–Trinajstić information content (AvgIpc) is 2.62. The van der Waals surface area contributed by atoms with Crippen molar-refractivity contribution in [3.63, 3.8) is 0 Å². The summed E-state index contributed by atoms with van der Waals surface area (Å²) in [6.45, 7) is 2.08. The second-order valence-electron chi connectivity index (χ2n) is 3.54. The van der Waals surface area contributed by atoms with E-state index in [0.717, 1.165) is 40.0 Å². The van der Waals surface area contributed by atoms with E-state index in [-0.39, 0.29) is 4.34 Å². The lowest BCUT2D eigenvalue weighted by atomic mass is 10.1. The van der Waals surface area contributed by atoms with Gasteiger partial charge in [-0.05, 0) is 18.1 Å². The molecule has 0 radical (unpaired) electrons. The summed E-state index contributed by atoms with van der Waals surface area (Å²) in [6, 6.07) is 5.75. The van der Waals surface area contributed by atoms with Gasteiger partial charge in [0.2, 0.25) is 4.34 Å². The molecule has 6 heteroatoms. The summed E-state index contributed by atoms with van der Waals surface area (Å²) >= 11 is 1.12. The van der Waals surface area contributed by atoms with Gasteiger partial charge in [0.25, 0.3) is 10.0 Å². The number of nitrogens with zero attached hydrogens (tertiary/aromatic N) is 1. The van der Waals surface area contributed by atoms with E-state index >= 15 is 0 Å². The number of thiazole rings is 1. The summed E-state index contributed by atoms with van der Waals surface area (Å²) in [5.74, 6) is 0. The number of primary sulfonamides is 1. The van der Waals surface area contributed by atoms with Gasteiger partial charge < -0.3 is 0 Å². The molecule has 0 bridgehead atoms. The molecule has 1 heterocycles. The molecule has 0 spiro atoms. The van der Waals surface area contributed by atoms with Crippen LogP contribution < -0.4 is 5.14 Å². The molecule has 0 aliphatic carbocycles. The van der Waals surface area contributed by atoms with Crippen LogP contribution in [0.1, 0.15) is 18.9 Å². The highest BCUT2D eigenvalue weighted by atomic mass is 32.2. The normalized spacial score (nSPS) is 12.1. The minimum Gasteiger partial charge on any atom is -0.224 e. The monoisotopic (exact) mass is 256 g/mol. The zero-order valence-electron chi connectivity index (χ0n) is 8.80. The Kier molecular flexibility index (Phi) is 2.96. The molecule has 0 unspecified atom stereocenters. The number of para-hydroxylation sites is 1. The minimum atomic E-state index is -3.69. The molecule has 0 atom stereocenters. The van der Waals surface area contributed by atoms with Crippen LogP contribution in [0.3, 0.4) is 0 Å². The van der Waals surface area contributed by atoms with Crippen LogP contribution in [0.5, 0.6) is 0 Å². The molecule has 1 aromatic heterocycles. The number of hydrogen-bond donors (Lipinski definition) is 1. The molecule has 4 nitrogen and oxygen atoms in total. The van der Waals surface area contributed by atoms with Gasteiger partial charge in [0.15, 0.2) is 0 Å². The maximum atomic E-state index is 11.2. The van der Waals surface area contributed by atoms with Crippen LogP contribution in [0.4, 0.5) is 0 Å². The van der Waals surface area contributed by atoms with Crippen LogP contribution in [0.15, 0.2) is 22.5 Å². The SMILES string of the molecule is CCCc1cccc2sc(S(N)(=O)=O)nc12. The number of aryl methyl sites for hydroxylation is 1. The minimum absolute atomic E-state index is 0.00828. The first-order chi connectivity index (χ1) is 7.52. The Balaban J connectivity index is 2.66. The zero-order valence-corrected chi connectivity index (χ0v) is 10.4. The number of hydrogen-bond acceptors (Lipinski definition) is 4. The fraction of sp³-hybridized carbons (Fsp3) is 0.300. The van der Waals surface area contributed by atoms with Gasteiger partial charge in [-0.25, -0.2) is 18.5 Å². The molecule has 0 saturated carbocycles. The van der Waals surface area contributed by atoms with E-state index in [4.69, 9.17) is 5.14 Å². The Morgan fingerprint density at radius 3 is 2.81 bits per heavy atom. The summed E-state index contributed by atoms with van der Waals surface area (Å²) in [5.41, 5.74) is 1.84. The Labute approximate surface area is 98.2 Å². The van der Waals surface area contributed by atoms with Crippen molar-refractivity contribution >= 4 is 31.6 Å². The number of nitrogens with two attached hydrogens (primary N) is 1. The van der Waals surface area contributed by atoms with Crippen molar-refractivity contribution < 1.29 is 8.42 Å².